The van der Waals surface area contributed by atoms with Gasteiger partial charge in [-0.05, 0) is 42.7 Å². The van der Waals surface area contributed by atoms with Crippen molar-refractivity contribution in [2.75, 3.05) is 4.90 Å². The SMILES string of the molecule is C[C@H]1Cc2ccccc2N1C(=O)Cn1c(SCc2ccccc2)nc2ccccc21. The first-order valence-electron chi connectivity index (χ1n) is 10.2. The molecule has 1 amide bonds. The maximum absolute atomic E-state index is 13.4. The van der Waals surface area contributed by atoms with Crippen molar-refractivity contribution in [1.82, 2.24) is 9.55 Å². The van der Waals surface area contributed by atoms with Crippen molar-refractivity contribution in [3.63, 3.8) is 0 Å². The number of aromatic nitrogens is 2. The van der Waals surface area contributed by atoms with Crippen molar-refractivity contribution < 1.29 is 4.79 Å². The maximum atomic E-state index is 13.4. The molecule has 5 rings (SSSR count). The minimum Gasteiger partial charge on any atom is -0.309 e. The molecule has 0 radical (unpaired) electrons. The Morgan fingerprint density at radius 3 is 2.60 bits per heavy atom. The highest BCUT2D eigenvalue weighted by molar-refractivity contribution is 7.98. The van der Waals surface area contributed by atoms with Crippen LogP contribution in [0.1, 0.15) is 18.1 Å². The summed E-state index contributed by atoms with van der Waals surface area (Å²) in [6.45, 7) is 2.41. The quantitative estimate of drug-likeness (QED) is 0.416. The number of fused-ring (bicyclic) bond motifs is 2. The Bertz CT molecular complexity index is 1200. The number of amides is 1. The Morgan fingerprint density at radius 2 is 1.73 bits per heavy atom. The molecule has 1 aliphatic heterocycles. The molecule has 0 saturated carbocycles. The number of imidazole rings is 1. The number of hydrogen-bond donors (Lipinski definition) is 0. The number of hydrogen-bond acceptors (Lipinski definition) is 3. The van der Waals surface area contributed by atoms with E-state index in [4.69, 9.17) is 4.98 Å². The molecule has 0 N–H and O–H groups in total. The minimum absolute atomic E-state index is 0.108. The second-order valence-electron chi connectivity index (χ2n) is 7.69. The molecule has 0 spiro atoms. The molecule has 4 nitrogen and oxygen atoms in total. The van der Waals surface area contributed by atoms with Crippen LogP contribution in [0.3, 0.4) is 0 Å². The topological polar surface area (TPSA) is 38.1 Å². The van der Waals surface area contributed by atoms with Gasteiger partial charge in [0, 0.05) is 17.5 Å². The summed E-state index contributed by atoms with van der Waals surface area (Å²) >= 11 is 1.68. The Morgan fingerprint density at radius 1 is 1.00 bits per heavy atom. The van der Waals surface area contributed by atoms with Gasteiger partial charge < -0.3 is 9.47 Å². The molecule has 0 unspecified atom stereocenters. The highest BCUT2D eigenvalue weighted by Crippen LogP contribution is 2.33. The molecule has 0 bridgehead atoms. The molecule has 4 aromatic rings. The van der Waals surface area contributed by atoms with E-state index in [1.807, 2.05) is 53.4 Å². The highest BCUT2D eigenvalue weighted by atomic mass is 32.2. The van der Waals surface area contributed by atoms with Crippen LogP contribution < -0.4 is 4.90 Å². The van der Waals surface area contributed by atoms with E-state index in [1.54, 1.807) is 11.8 Å². The van der Waals surface area contributed by atoms with Gasteiger partial charge in [0.1, 0.15) is 6.54 Å². The van der Waals surface area contributed by atoms with E-state index < -0.39 is 0 Å². The normalized spacial score (nSPS) is 15.5. The van der Waals surface area contributed by atoms with E-state index in [9.17, 15) is 4.79 Å². The van der Waals surface area contributed by atoms with Gasteiger partial charge in [-0.3, -0.25) is 4.79 Å². The summed E-state index contributed by atoms with van der Waals surface area (Å²) in [7, 11) is 0. The summed E-state index contributed by atoms with van der Waals surface area (Å²) < 4.78 is 2.07. The van der Waals surface area contributed by atoms with Crippen molar-refractivity contribution in [3.05, 3.63) is 90.0 Å². The van der Waals surface area contributed by atoms with Gasteiger partial charge >= 0.3 is 0 Å². The van der Waals surface area contributed by atoms with E-state index in [0.717, 1.165) is 34.1 Å². The van der Waals surface area contributed by atoms with Gasteiger partial charge in [0.15, 0.2) is 5.16 Å². The molecule has 1 atom stereocenters. The average molecular weight is 414 g/mol. The zero-order valence-corrected chi connectivity index (χ0v) is 17.7. The maximum Gasteiger partial charge on any atom is 0.247 e. The van der Waals surface area contributed by atoms with Gasteiger partial charge in [0.25, 0.3) is 0 Å². The zero-order chi connectivity index (χ0) is 20.5. The van der Waals surface area contributed by atoms with Crippen LogP contribution in [0.15, 0.2) is 84.0 Å². The lowest BCUT2D eigenvalue weighted by Gasteiger charge is -2.23. The van der Waals surface area contributed by atoms with E-state index in [-0.39, 0.29) is 18.5 Å². The molecular formula is C25H23N3OS. The highest BCUT2D eigenvalue weighted by Gasteiger charge is 2.31. The van der Waals surface area contributed by atoms with Crippen LogP contribution in [0.25, 0.3) is 11.0 Å². The third-order valence-electron chi connectivity index (χ3n) is 5.60. The monoisotopic (exact) mass is 413 g/mol. The molecule has 0 aliphatic carbocycles. The van der Waals surface area contributed by atoms with E-state index >= 15 is 0 Å². The van der Waals surface area contributed by atoms with Crippen LogP contribution in [0.2, 0.25) is 0 Å². The van der Waals surface area contributed by atoms with E-state index in [2.05, 4.69) is 41.8 Å². The van der Waals surface area contributed by atoms with Crippen LogP contribution in [-0.4, -0.2) is 21.5 Å². The molecule has 0 saturated heterocycles. The first-order chi connectivity index (χ1) is 14.7. The molecule has 1 aromatic heterocycles. The second kappa shape index (κ2) is 8.00. The third-order valence-corrected chi connectivity index (χ3v) is 6.65. The number of nitrogens with zero attached hydrogens (tertiary/aromatic N) is 3. The standard InChI is InChI=1S/C25H23N3OS/c1-18-15-20-11-5-7-13-22(20)28(18)24(29)16-27-23-14-8-6-12-21(23)26-25(27)30-17-19-9-3-2-4-10-19/h2-14,18H,15-17H2,1H3/t18-/m0/s1. The molecule has 150 valence electrons. The predicted molar refractivity (Wildman–Crippen MR) is 123 cm³/mol. The van der Waals surface area contributed by atoms with E-state index in [1.165, 1.54) is 11.1 Å². The number of thioether (sulfide) groups is 1. The van der Waals surface area contributed by atoms with Crippen molar-refractivity contribution in [2.45, 2.75) is 36.8 Å². The summed E-state index contributed by atoms with van der Waals surface area (Å²) in [6.07, 6.45) is 0.905. The van der Waals surface area contributed by atoms with Gasteiger partial charge in [-0.15, -0.1) is 0 Å². The van der Waals surface area contributed by atoms with E-state index in [0.29, 0.717) is 0 Å². The van der Waals surface area contributed by atoms with Crippen LogP contribution >= 0.6 is 11.8 Å². The Balaban J connectivity index is 1.45. The first kappa shape index (κ1) is 18.9. The lowest BCUT2D eigenvalue weighted by Crippen LogP contribution is -2.38. The number of rotatable bonds is 5. The largest absolute Gasteiger partial charge is 0.309 e. The van der Waals surface area contributed by atoms with Gasteiger partial charge in [-0.25, -0.2) is 4.98 Å². The van der Waals surface area contributed by atoms with Crippen molar-refractivity contribution in [3.8, 4) is 0 Å². The number of carbonyl (C=O) groups excluding carboxylic acids is 1. The number of carbonyl (C=O) groups is 1. The lowest BCUT2D eigenvalue weighted by molar-refractivity contribution is -0.119. The molecule has 5 heteroatoms. The number of para-hydroxylation sites is 3. The fraction of sp³-hybridized carbons (Fsp3) is 0.200. The number of anilines is 1. The zero-order valence-electron chi connectivity index (χ0n) is 16.9. The number of benzene rings is 3. The van der Waals surface area contributed by atoms with Crippen LogP contribution in [0, 0.1) is 0 Å². The van der Waals surface area contributed by atoms with Gasteiger partial charge in [0.05, 0.1) is 11.0 Å². The molecule has 3 aromatic carbocycles. The van der Waals surface area contributed by atoms with Gasteiger partial charge in [-0.2, -0.15) is 0 Å². The Hall–Kier alpha value is -3.05. The van der Waals surface area contributed by atoms with Crippen molar-refractivity contribution in [1.29, 1.82) is 0 Å². The fourth-order valence-corrected chi connectivity index (χ4v) is 5.17. The minimum atomic E-state index is 0.108. The van der Waals surface area contributed by atoms with Crippen LogP contribution in [0.5, 0.6) is 0 Å². The summed E-state index contributed by atoms with van der Waals surface area (Å²) in [6, 6.07) is 26.8. The van der Waals surface area contributed by atoms with Gasteiger partial charge in [-0.1, -0.05) is 72.4 Å². The van der Waals surface area contributed by atoms with Gasteiger partial charge in [0.2, 0.25) is 5.91 Å². The first-order valence-corrected chi connectivity index (χ1v) is 11.2. The molecular weight excluding hydrogens is 390 g/mol. The molecule has 1 aliphatic rings. The molecule has 0 fully saturated rings. The predicted octanol–water partition coefficient (Wildman–Crippen LogP) is 5.31. The molecule has 30 heavy (non-hydrogen) atoms. The summed E-state index contributed by atoms with van der Waals surface area (Å²) in [5.74, 6) is 0.929. The van der Waals surface area contributed by atoms with Crippen molar-refractivity contribution in [2.24, 2.45) is 0 Å². The summed E-state index contributed by atoms with van der Waals surface area (Å²) in [4.78, 5) is 20.2. The Labute approximate surface area is 180 Å². The fourth-order valence-electron chi connectivity index (χ4n) is 4.20. The smallest absolute Gasteiger partial charge is 0.247 e. The summed E-state index contributed by atoms with van der Waals surface area (Å²) in [5.41, 5.74) is 5.46. The van der Waals surface area contributed by atoms with Crippen molar-refractivity contribution >= 4 is 34.4 Å². The lowest BCUT2D eigenvalue weighted by atomic mass is 10.1. The average Bonchev–Trinajstić information content (AvgIpc) is 3.29. The van der Waals surface area contributed by atoms with Crippen LogP contribution in [0.4, 0.5) is 5.69 Å². The summed E-state index contributed by atoms with van der Waals surface area (Å²) in [5, 5.41) is 0.883. The molecule has 2 heterocycles. The third kappa shape index (κ3) is 3.50. The second-order valence-corrected chi connectivity index (χ2v) is 8.63. The van der Waals surface area contributed by atoms with Crippen LogP contribution in [-0.2, 0) is 23.5 Å². The Kier molecular flexibility index (Phi) is 5.05.